The monoisotopic (exact) mass is 398 g/mol. The first-order valence-corrected chi connectivity index (χ1v) is 10.7. The van der Waals surface area contributed by atoms with E-state index in [9.17, 15) is 21.6 Å². The first-order chi connectivity index (χ1) is 11.9. The van der Waals surface area contributed by atoms with Gasteiger partial charge in [0.15, 0.2) is 9.84 Å². The molecule has 1 heterocycles. The molecule has 0 unspecified atom stereocenters. The summed E-state index contributed by atoms with van der Waals surface area (Å²) in [5, 5.41) is 0. The number of anilines is 1. The predicted molar refractivity (Wildman–Crippen MR) is 95.2 cm³/mol. The van der Waals surface area contributed by atoms with Crippen molar-refractivity contribution in [1.29, 1.82) is 0 Å². The van der Waals surface area contributed by atoms with Gasteiger partial charge in [-0.1, -0.05) is 12.1 Å². The molecule has 1 N–H and O–H groups in total. The summed E-state index contributed by atoms with van der Waals surface area (Å²) in [7, 11) is -6.92. The Morgan fingerprint density at radius 3 is 2.00 bits per heavy atom. The maximum absolute atomic E-state index is 12.5. The van der Waals surface area contributed by atoms with Gasteiger partial charge in [0.1, 0.15) is 4.90 Å². The molecule has 0 saturated heterocycles. The molecule has 11 heteroatoms. The van der Waals surface area contributed by atoms with Crippen molar-refractivity contribution in [2.24, 2.45) is 0 Å². The van der Waals surface area contributed by atoms with Gasteiger partial charge in [-0.2, -0.15) is 0 Å². The summed E-state index contributed by atoms with van der Waals surface area (Å²) in [6.07, 6.45) is 0.888. The predicted octanol–water partition coefficient (Wildman–Crippen LogP) is 1.03. The van der Waals surface area contributed by atoms with Crippen LogP contribution in [0.1, 0.15) is 11.4 Å². The van der Waals surface area contributed by atoms with Crippen molar-refractivity contribution in [2.75, 3.05) is 18.2 Å². The molecule has 2 rings (SSSR count). The van der Waals surface area contributed by atoms with Crippen LogP contribution in [0.25, 0.3) is 0 Å². The Labute approximate surface area is 152 Å². The van der Waals surface area contributed by atoms with E-state index in [2.05, 4.69) is 9.97 Å². The van der Waals surface area contributed by atoms with Gasteiger partial charge in [0.25, 0.3) is 10.0 Å². The fourth-order valence-electron chi connectivity index (χ4n) is 2.17. The number of aryl methyl sites for hydroxylation is 2. The molecule has 9 nitrogen and oxygen atoms in total. The third kappa shape index (κ3) is 4.35. The first-order valence-electron chi connectivity index (χ1n) is 7.33. The number of amides is 2. The second-order valence-corrected chi connectivity index (χ2v) is 9.27. The summed E-state index contributed by atoms with van der Waals surface area (Å²) < 4.78 is 50.5. The Hall–Kier alpha value is -2.53. The Morgan fingerprint density at radius 1 is 1.00 bits per heavy atom. The van der Waals surface area contributed by atoms with Crippen molar-refractivity contribution >= 4 is 31.8 Å². The molecule has 0 atom stereocenters. The minimum atomic E-state index is -4.42. The van der Waals surface area contributed by atoms with E-state index in [0.717, 1.165) is 23.3 Å². The summed E-state index contributed by atoms with van der Waals surface area (Å²) in [6.45, 7) is 3.42. The Morgan fingerprint density at radius 2 is 1.50 bits per heavy atom. The second-order valence-electron chi connectivity index (χ2n) is 5.64. The minimum Gasteiger partial charge on any atom is -0.265 e. The number of aromatic nitrogens is 2. The normalized spacial score (nSPS) is 11.8. The van der Waals surface area contributed by atoms with E-state index in [0.29, 0.717) is 11.4 Å². The average molecular weight is 398 g/mol. The number of sulfone groups is 1. The van der Waals surface area contributed by atoms with Crippen LogP contribution in [-0.4, -0.2) is 46.1 Å². The lowest BCUT2D eigenvalue weighted by atomic mass is 10.3. The zero-order chi connectivity index (χ0) is 19.7. The molecule has 0 saturated carbocycles. The highest BCUT2D eigenvalue weighted by molar-refractivity contribution is 7.93. The molecule has 0 radical (unpaired) electrons. The number of nitrogens with zero attached hydrogens (tertiary/aromatic N) is 3. The Balaban J connectivity index is 2.37. The Bertz CT molecular complexity index is 1040. The van der Waals surface area contributed by atoms with Gasteiger partial charge in [0.2, 0.25) is 5.95 Å². The molecule has 140 valence electrons. The van der Waals surface area contributed by atoms with Crippen LogP contribution in [0.2, 0.25) is 0 Å². The minimum absolute atomic E-state index is 0.0200. The molecule has 2 aromatic rings. The van der Waals surface area contributed by atoms with Crippen LogP contribution in [0, 0.1) is 13.8 Å². The maximum Gasteiger partial charge on any atom is 0.337 e. The van der Waals surface area contributed by atoms with Crippen LogP contribution in [0.3, 0.4) is 0 Å². The van der Waals surface area contributed by atoms with Gasteiger partial charge >= 0.3 is 6.03 Å². The summed E-state index contributed by atoms with van der Waals surface area (Å²) in [5.41, 5.74) is 1.22. The summed E-state index contributed by atoms with van der Waals surface area (Å²) in [4.78, 5) is 20.5. The lowest BCUT2D eigenvalue weighted by Gasteiger charge is -2.17. The molecule has 0 fully saturated rings. The summed E-state index contributed by atoms with van der Waals surface area (Å²) >= 11 is 0. The standard InChI is InChI=1S/C15H18N4O5S2/c1-10-9-11(2)17-14(16-10)19(3)15(20)18-26(23,24)13-8-6-5-7-12(13)25(4,21)22/h5-9H,1-4H3,(H,18,20). The highest BCUT2D eigenvalue weighted by atomic mass is 32.2. The van der Waals surface area contributed by atoms with Crippen LogP contribution in [0.15, 0.2) is 40.1 Å². The fraction of sp³-hybridized carbons (Fsp3) is 0.267. The number of sulfonamides is 1. The molecule has 1 aromatic carbocycles. The zero-order valence-electron chi connectivity index (χ0n) is 14.6. The van der Waals surface area contributed by atoms with E-state index in [1.165, 1.54) is 19.2 Å². The van der Waals surface area contributed by atoms with Crippen molar-refractivity contribution in [3.05, 3.63) is 41.7 Å². The number of hydrogen-bond acceptors (Lipinski definition) is 7. The largest absolute Gasteiger partial charge is 0.337 e. The highest BCUT2D eigenvalue weighted by Crippen LogP contribution is 2.20. The lowest BCUT2D eigenvalue weighted by molar-refractivity contribution is 0.252. The molecule has 0 aliphatic carbocycles. The van der Waals surface area contributed by atoms with Crippen molar-refractivity contribution in [3.8, 4) is 0 Å². The maximum atomic E-state index is 12.5. The number of benzene rings is 1. The Kier molecular flexibility index (Phi) is 5.33. The van der Waals surface area contributed by atoms with Gasteiger partial charge in [-0.15, -0.1) is 0 Å². The summed E-state index contributed by atoms with van der Waals surface area (Å²) in [6, 6.07) is 5.72. The second kappa shape index (κ2) is 7.00. The number of urea groups is 1. The van der Waals surface area contributed by atoms with Crippen LogP contribution >= 0.6 is 0 Å². The van der Waals surface area contributed by atoms with Gasteiger partial charge in [-0.25, -0.2) is 36.3 Å². The van der Waals surface area contributed by atoms with Crippen LogP contribution in [0.5, 0.6) is 0 Å². The number of carbonyl (C=O) groups excluding carboxylic acids is 1. The molecular weight excluding hydrogens is 380 g/mol. The van der Waals surface area contributed by atoms with E-state index in [-0.39, 0.29) is 5.95 Å². The third-order valence-corrected chi connectivity index (χ3v) is 6.00. The number of hydrogen-bond donors (Lipinski definition) is 1. The van der Waals surface area contributed by atoms with Crippen LogP contribution < -0.4 is 9.62 Å². The van der Waals surface area contributed by atoms with Crippen LogP contribution in [0.4, 0.5) is 10.7 Å². The SMILES string of the molecule is Cc1cc(C)nc(N(C)C(=O)NS(=O)(=O)c2ccccc2S(C)(=O)=O)n1. The van der Waals surface area contributed by atoms with E-state index < -0.39 is 35.7 Å². The van der Waals surface area contributed by atoms with Gasteiger partial charge < -0.3 is 0 Å². The van der Waals surface area contributed by atoms with Crippen molar-refractivity contribution in [1.82, 2.24) is 14.7 Å². The molecule has 26 heavy (non-hydrogen) atoms. The molecule has 0 aliphatic heterocycles. The molecule has 1 aromatic heterocycles. The van der Waals surface area contributed by atoms with E-state index in [1.807, 2.05) is 4.72 Å². The van der Waals surface area contributed by atoms with E-state index in [1.54, 1.807) is 19.9 Å². The van der Waals surface area contributed by atoms with Gasteiger partial charge in [0.05, 0.1) is 4.90 Å². The first kappa shape index (κ1) is 19.8. The van der Waals surface area contributed by atoms with Crippen molar-refractivity contribution in [2.45, 2.75) is 23.6 Å². The fourth-order valence-corrected chi connectivity index (χ4v) is 4.77. The average Bonchev–Trinajstić information content (AvgIpc) is 2.52. The van der Waals surface area contributed by atoms with Crippen molar-refractivity contribution < 1.29 is 21.6 Å². The van der Waals surface area contributed by atoms with E-state index in [4.69, 9.17) is 0 Å². The highest BCUT2D eigenvalue weighted by Gasteiger charge is 2.27. The quantitative estimate of drug-likeness (QED) is 0.815. The molecule has 0 bridgehead atoms. The number of carbonyl (C=O) groups is 1. The smallest absolute Gasteiger partial charge is 0.265 e. The van der Waals surface area contributed by atoms with Gasteiger partial charge in [-0.05, 0) is 32.0 Å². The molecule has 0 aliphatic rings. The van der Waals surface area contributed by atoms with Gasteiger partial charge in [0, 0.05) is 24.7 Å². The molecular formula is C15H18N4O5S2. The third-order valence-electron chi connectivity index (χ3n) is 3.33. The number of rotatable bonds is 4. The topological polar surface area (TPSA) is 126 Å². The lowest BCUT2D eigenvalue weighted by Crippen LogP contribution is -2.42. The number of nitrogens with one attached hydrogen (secondary N) is 1. The molecule has 2 amide bonds. The zero-order valence-corrected chi connectivity index (χ0v) is 16.2. The van der Waals surface area contributed by atoms with E-state index >= 15 is 0 Å². The van der Waals surface area contributed by atoms with Crippen molar-refractivity contribution in [3.63, 3.8) is 0 Å². The summed E-state index contributed by atoms with van der Waals surface area (Å²) in [5.74, 6) is 0.0200. The molecule has 0 spiro atoms. The van der Waals surface area contributed by atoms with Crippen LogP contribution in [-0.2, 0) is 19.9 Å². The van der Waals surface area contributed by atoms with Gasteiger partial charge in [-0.3, -0.25) is 4.90 Å².